The zero-order valence-electron chi connectivity index (χ0n) is 18.4. The van der Waals surface area contributed by atoms with Gasteiger partial charge in [-0.05, 0) is 60.9 Å². The highest BCUT2D eigenvalue weighted by molar-refractivity contribution is 5.74. The normalized spacial score (nSPS) is 17.9. The third-order valence-electron chi connectivity index (χ3n) is 5.80. The van der Waals surface area contributed by atoms with Crippen molar-refractivity contribution >= 4 is 6.47 Å². The number of benzene rings is 2. The molecule has 2 aromatic rings. The number of hydrogen-bond acceptors (Lipinski definition) is 5. The van der Waals surface area contributed by atoms with Crippen LogP contribution < -0.4 is 9.47 Å². The molecule has 31 heavy (non-hydrogen) atoms. The van der Waals surface area contributed by atoms with E-state index in [0.29, 0.717) is 29.8 Å². The SMILES string of the molecule is CCC1C=CC(c2ccc(-c3ccc(OCCO)cc3OCCOC=O)c(C)c2)CC1. The summed E-state index contributed by atoms with van der Waals surface area (Å²) in [5.74, 6) is 2.47. The van der Waals surface area contributed by atoms with Gasteiger partial charge in [-0.25, -0.2) is 0 Å². The van der Waals surface area contributed by atoms with Crippen molar-refractivity contribution in [2.75, 3.05) is 26.4 Å². The van der Waals surface area contributed by atoms with Crippen LogP contribution in [0.5, 0.6) is 11.5 Å². The van der Waals surface area contributed by atoms with Crippen LogP contribution in [0.4, 0.5) is 0 Å². The van der Waals surface area contributed by atoms with Crippen molar-refractivity contribution in [3.05, 3.63) is 59.7 Å². The lowest BCUT2D eigenvalue weighted by Gasteiger charge is -2.23. The largest absolute Gasteiger partial charge is 0.491 e. The number of carbonyl (C=O) groups is 1. The maximum Gasteiger partial charge on any atom is 0.293 e. The molecular weight excluding hydrogens is 392 g/mol. The summed E-state index contributed by atoms with van der Waals surface area (Å²) in [5, 5.41) is 9.02. The van der Waals surface area contributed by atoms with Gasteiger partial charge in [-0.2, -0.15) is 0 Å². The smallest absolute Gasteiger partial charge is 0.293 e. The molecule has 0 fully saturated rings. The Hall–Kier alpha value is -2.79. The highest BCUT2D eigenvalue weighted by Crippen LogP contribution is 2.38. The molecular formula is C26H32O5. The molecule has 1 aliphatic rings. The van der Waals surface area contributed by atoms with Gasteiger partial charge in [-0.3, -0.25) is 4.79 Å². The summed E-state index contributed by atoms with van der Waals surface area (Å²) in [5.41, 5.74) is 4.57. The Morgan fingerprint density at radius 2 is 1.84 bits per heavy atom. The first-order valence-electron chi connectivity index (χ1n) is 11.0. The van der Waals surface area contributed by atoms with Gasteiger partial charge in [0.25, 0.3) is 6.47 Å². The van der Waals surface area contributed by atoms with E-state index in [1.807, 2.05) is 18.2 Å². The Bertz CT molecular complexity index is 889. The van der Waals surface area contributed by atoms with Crippen molar-refractivity contribution in [1.29, 1.82) is 0 Å². The van der Waals surface area contributed by atoms with Crippen molar-refractivity contribution in [3.63, 3.8) is 0 Å². The van der Waals surface area contributed by atoms with Crippen LogP contribution in [0.1, 0.15) is 43.2 Å². The number of aryl methyl sites for hydroxylation is 1. The minimum Gasteiger partial charge on any atom is -0.491 e. The molecule has 0 radical (unpaired) electrons. The minimum atomic E-state index is -0.0553. The summed E-state index contributed by atoms with van der Waals surface area (Å²) in [6.07, 6.45) is 8.38. The van der Waals surface area contributed by atoms with Gasteiger partial charge in [0.2, 0.25) is 0 Å². The molecule has 0 aliphatic heterocycles. The first-order chi connectivity index (χ1) is 15.2. The van der Waals surface area contributed by atoms with E-state index in [-0.39, 0.29) is 26.4 Å². The highest BCUT2D eigenvalue weighted by atomic mass is 16.5. The second-order valence-corrected chi connectivity index (χ2v) is 7.86. The van der Waals surface area contributed by atoms with Crippen molar-refractivity contribution in [2.45, 2.75) is 39.0 Å². The van der Waals surface area contributed by atoms with Crippen LogP contribution >= 0.6 is 0 Å². The van der Waals surface area contributed by atoms with Gasteiger partial charge in [0.1, 0.15) is 31.3 Å². The Morgan fingerprint density at radius 3 is 2.52 bits per heavy atom. The Morgan fingerprint density at radius 1 is 1.00 bits per heavy atom. The van der Waals surface area contributed by atoms with Crippen molar-refractivity contribution < 1.29 is 24.1 Å². The molecule has 0 amide bonds. The Balaban J connectivity index is 1.85. The second-order valence-electron chi connectivity index (χ2n) is 7.86. The van der Waals surface area contributed by atoms with Crippen LogP contribution in [-0.4, -0.2) is 38.0 Å². The zero-order valence-corrected chi connectivity index (χ0v) is 18.4. The molecule has 2 aromatic carbocycles. The molecule has 5 nitrogen and oxygen atoms in total. The van der Waals surface area contributed by atoms with E-state index in [4.69, 9.17) is 19.3 Å². The fourth-order valence-electron chi connectivity index (χ4n) is 4.06. The molecule has 5 heteroatoms. The van der Waals surface area contributed by atoms with E-state index in [9.17, 15) is 4.79 Å². The van der Waals surface area contributed by atoms with E-state index in [0.717, 1.165) is 11.1 Å². The average molecular weight is 425 g/mol. The van der Waals surface area contributed by atoms with E-state index < -0.39 is 0 Å². The molecule has 0 spiro atoms. The molecule has 3 rings (SSSR count). The standard InChI is InChI=1S/C26H32O5/c1-3-20-4-6-21(7-5-20)22-8-10-24(19(2)16-22)25-11-9-23(30-13-12-27)17-26(25)31-15-14-29-18-28/h4,6,8-11,16-18,20-21,27H,3,5,7,12-15H2,1-2H3. The van der Waals surface area contributed by atoms with Gasteiger partial charge < -0.3 is 19.3 Å². The van der Waals surface area contributed by atoms with E-state index in [1.54, 1.807) is 0 Å². The summed E-state index contributed by atoms with van der Waals surface area (Å²) < 4.78 is 16.2. The van der Waals surface area contributed by atoms with Crippen LogP contribution in [0, 0.1) is 12.8 Å². The molecule has 0 saturated heterocycles. The van der Waals surface area contributed by atoms with Crippen LogP contribution in [0.2, 0.25) is 0 Å². The number of rotatable bonds is 11. The first-order valence-corrected chi connectivity index (χ1v) is 11.0. The summed E-state index contributed by atoms with van der Waals surface area (Å²) >= 11 is 0. The topological polar surface area (TPSA) is 65.0 Å². The van der Waals surface area contributed by atoms with E-state index >= 15 is 0 Å². The van der Waals surface area contributed by atoms with Gasteiger partial charge in [0.05, 0.1) is 6.61 Å². The van der Waals surface area contributed by atoms with Crippen molar-refractivity contribution in [3.8, 4) is 22.6 Å². The molecule has 0 heterocycles. The average Bonchev–Trinajstić information content (AvgIpc) is 2.81. The molecule has 0 aromatic heterocycles. The van der Waals surface area contributed by atoms with Crippen molar-refractivity contribution in [2.24, 2.45) is 5.92 Å². The van der Waals surface area contributed by atoms with Crippen LogP contribution in [0.3, 0.4) is 0 Å². The zero-order chi connectivity index (χ0) is 22.1. The summed E-state index contributed by atoms with van der Waals surface area (Å²) in [6.45, 7) is 5.37. The van der Waals surface area contributed by atoms with E-state index in [2.05, 4.69) is 44.2 Å². The summed E-state index contributed by atoms with van der Waals surface area (Å²) in [7, 11) is 0. The number of hydrogen-bond donors (Lipinski definition) is 1. The predicted molar refractivity (Wildman–Crippen MR) is 122 cm³/mol. The quantitative estimate of drug-likeness (QED) is 0.311. The van der Waals surface area contributed by atoms with Gasteiger partial charge in [0.15, 0.2) is 0 Å². The monoisotopic (exact) mass is 424 g/mol. The Kier molecular flexibility index (Phi) is 8.53. The second kappa shape index (κ2) is 11.6. The van der Waals surface area contributed by atoms with Gasteiger partial charge in [0, 0.05) is 17.5 Å². The lowest BCUT2D eigenvalue weighted by molar-refractivity contribution is -0.129. The first kappa shape index (κ1) is 22.9. The Labute approximate surface area is 184 Å². The van der Waals surface area contributed by atoms with Crippen LogP contribution in [-0.2, 0) is 9.53 Å². The summed E-state index contributed by atoms with van der Waals surface area (Å²) in [4.78, 5) is 10.4. The number of aliphatic hydroxyl groups excluding tert-OH is 1. The maximum absolute atomic E-state index is 10.4. The highest BCUT2D eigenvalue weighted by Gasteiger charge is 2.18. The molecule has 0 bridgehead atoms. The van der Waals surface area contributed by atoms with Crippen LogP contribution in [0.15, 0.2) is 48.6 Å². The molecule has 2 unspecified atom stereocenters. The van der Waals surface area contributed by atoms with E-state index in [1.165, 1.54) is 30.4 Å². The number of carbonyl (C=O) groups excluding carboxylic acids is 1. The van der Waals surface area contributed by atoms with Gasteiger partial charge >= 0.3 is 0 Å². The lowest BCUT2D eigenvalue weighted by Crippen LogP contribution is -2.08. The molecule has 1 N–H and O–H groups in total. The van der Waals surface area contributed by atoms with Gasteiger partial charge in [-0.1, -0.05) is 37.3 Å². The van der Waals surface area contributed by atoms with Crippen LogP contribution in [0.25, 0.3) is 11.1 Å². The molecule has 1 aliphatic carbocycles. The molecule has 0 saturated carbocycles. The minimum absolute atomic E-state index is 0.0553. The van der Waals surface area contributed by atoms with Gasteiger partial charge in [-0.15, -0.1) is 0 Å². The molecule has 166 valence electrons. The molecule has 2 atom stereocenters. The third kappa shape index (κ3) is 6.11. The lowest BCUT2D eigenvalue weighted by atomic mass is 9.82. The number of allylic oxidation sites excluding steroid dienone is 2. The maximum atomic E-state index is 10.4. The van der Waals surface area contributed by atoms with Crippen molar-refractivity contribution in [1.82, 2.24) is 0 Å². The number of aliphatic hydroxyl groups is 1. The number of ether oxygens (including phenoxy) is 3. The fraction of sp³-hybridized carbons (Fsp3) is 0.423. The predicted octanol–water partition coefficient (Wildman–Crippen LogP) is 5.04. The fourth-order valence-corrected chi connectivity index (χ4v) is 4.06. The summed E-state index contributed by atoms with van der Waals surface area (Å²) in [6, 6.07) is 12.3. The third-order valence-corrected chi connectivity index (χ3v) is 5.80.